The molecule has 0 aromatic heterocycles. The Balaban J connectivity index is 4.59. The first-order chi connectivity index (χ1) is 9.06. The van der Waals surface area contributed by atoms with Crippen molar-refractivity contribution >= 4 is 28.6 Å². The molecule has 0 spiro atoms. The van der Waals surface area contributed by atoms with Crippen molar-refractivity contribution in [3.05, 3.63) is 33.5 Å². The molecular weight excluding hydrogens is 359 g/mol. The van der Waals surface area contributed by atoms with Crippen LogP contribution in [0.25, 0.3) is 0 Å². The molecule has 0 saturated carbocycles. The van der Waals surface area contributed by atoms with E-state index in [1.54, 1.807) is 20.1 Å². The van der Waals surface area contributed by atoms with Crippen LogP contribution < -0.4 is 0 Å². The molecule has 4 nitrogen and oxygen atoms in total. The van der Waals surface area contributed by atoms with Crippen molar-refractivity contribution in [3.8, 4) is 0 Å². The van der Waals surface area contributed by atoms with Crippen molar-refractivity contribution in [2.45, 2.75) is 26.4 Å². The van der Waals surface area contributed by atoms with Crippen LogP contribution in [0.1, 0.15) is 20.3 Å². The summed E-state index contributed by atoms with van der Waals surface area (Å²) >= 11 is 2.17. The summed E-state index contributed by atoms with van der Waals surface area (Å²) < 4.78 is 16.9. The van der Waals surface area contributed by atoms with Crippen LogP contribution in [0.15, 0.2) is 33.5 Å². The van der Waals surface area contributed by atoms with Gasteiger partial charge in [-0.1, -0.05) is 40.8 Å². The van der Waals surface area contributed by atoms with Crippen molar-refractivity contribution in [1.29, 1.82) is 0 Å². The van der Waals surface area contributed by atoms with Crippen LogP contribution in [0, 0.1) is 0 Å². The van der Waals surface area contributed by atoms with Crippen molar-refractivity contribution in [2.75, 3.05) is 21.0 Å². The van der Waals surface area contributed by atoms with Gasteiger partial charge < -0.3 is 14.2 Å². The molecule has 0 radical (unpaired) electrons. The van der Waals surface area contributed by atoms with Gasteiger partial charge in [0.15, 0.2) is 6.79 Å². The first-order valence-corrected chi connectivity index (χ1v) is 7.10. The molecule has 0 rings (SSSR count). The average molecular weight is 380 g/mol. The van der Waals surface area contributed by atoms with E-state index in [0.29, 0.717) is 5.57 Å². The highest BCUT2D eigenvalue weighted by molar-refractivity contribution is 14.1. The van der Waals surface area contributed by atoms with E-state index in [-0.39, 0.29) is 18.9 Å². The number of allylic oxidation sites excluding steroid dienone is 2. The minimum absolute atomic E-state index is 0.0186. The van der Waals surface area contributed by atoms with Crippen LogP contribution in [-0.2, 0) is 19.0 Å². The van der Waals surface area contributed by atoms with Gasteiger partial charge >= 0.3 is 5.97 Å². The predicted molar refractivity (Wildman–Crippen MR) is 84.1 cm³/mol. The van der Waals surface area contributed by atoms with Crippen LogP contribution >= 0.6 is 22.6 Å². The van der Waals surface area contributed by atoms with Crippen molar-refractivity contribution in [2.24, 2.45) is 0 Å². The second kappa shape index (κ2) is 11.2. The maximum atomic E-state index is 11.5. The van der Waals surface area contributed by atoms with E-state index < -0.39 is 0 Å². The fourth-order valence-electron chi connectivity index (χ4n) is 1.30. The molecule has 0 aliphatic carbocycles. The normalized spacial score (nSPS) is 14.8. The number of halogens is 1. The van der Waals surface area contributed by atoms with Gasteiger partial charge in [0.2, 0.25) is 0 Å². The lowest BCUT2D eigenvalue weighted by Crippen LogP contribution is -2.11. The Morgan fingerprint density at radius 2 is 1.95 bits per heavy atom. The molecule has 19 heavy (non-hydrogen) atoms. The zero-order valence-electron chi connectivity index (χ0n) is 11.8. The summed E-state index contributed by atoms with van der Waals surface area (Å²) in [6, 6.07) is 0. The number of carbonyl (C=O) groups is 1. The highest BCUT2D eigenvalue weighted by Crippen LogP contribution is 2.12. The van der Waals surface area contributed by atoms with Crippen molar-refractivity contribution in [3.63, 3.8) is 0 Å². The Bertz CT molecular complexity index is 358. The Morgan fingerprint density at radius 1 is 1.26 bits per heavy atom. The Kier molecular flexibility index (Phi) is 10.8. The Morgan fingerprint density at radius 3 is 2.47 bits per heavy atom. The van der Waals surface area contributed by atoms with E-state index in [2.05, 4.69) is 27.3 Å². The van der Waals surface area contributed by atoms with E-state index in [1.807, 2.05) is 23.2 Å². The molecule has 0 heterocycles. The van der Waals surface area contributed by atoms with E-state index in [4.69, 9.17) is 9.47 Å². The topological polar surface area (TPSA) is 44.8 Å². The SMILES string of the molecule is COCOC(=O)/C(C)=C/C=C(\C)[C@@H](C/C=C\I)OC. The summed E-state index contributed by atoms with van der Waals surface area (Å²) in [4.78, 5) is 11.5. The van der Waals surface area contributed by atoms with Crippen molar-refractivity contribution in [1.82, 2.24) is 0 Å². The summed E-state index contributed by atoms with van der Waals surface area (Å²) in [5.41, 5.74) is 1.58. The average Bonchev–Trinajstić information content (AvgIpc) is 2.42. The second-order valence-electron chi connectivity index (χ2n) is 3.92. The minimum Gasteiger partial charge on any atom is -0.435 e. The summed E-state index contributed by atoms with van der Waals surface area (Å²) in [6.07, 6.45) is 6.47. The quantitative estimate of drug-likeness (QED) is 0.213. The monoisotopic (exact) mass is 380 g/mol. The number of methoxy groups -OCH3 is 2. The van der Waals surface area contributed by atoms with Crippen LogP contribution in [0.4, 0.5) is 0 Å². The molecule has 0 amide bonds. The molecule has 0 aliphatic rings. The lowest BCUT2D eigenvalue weighted by molar-refractivity contribution is -0.149. The summed E-state index contributed by atoms with van der Waals surface area (Å²) in [5.74, 6) is -0.382. The van der Waals surface area contributed by atoms with E-state index in [1.165, 1.54) is 7.11 Å². The maximum absolute atomic E-state index is 11.5. The van der Waals surface area contributed by atoms with Gasteiger partial charge in [-0.05, 0) is 29.9 Å². The molecular formula is C14H21IO4. The minimum atomic E-state index is -0.382. The van der Waals surface area contributed by atoms with Gasteiger partial charge in [0.1, 0.15) is 0 Å². The van der Waals surface area contributed by atoms with Crippen LogP contribution in [0.5, 0.6) is 0 Å². The number of rotatable bonds is 8. The van der Waals surface area contributed by atoms with Gasteiger partial charge in [-0.2, -0.15) is 0 Å². The highest BCUT2D eigenvalue weighted by atomic mass is 127. The molecule has 0 saturated heterocycles. The van der Waals surface area contributed by atoms with Gasteiger partial charge in [-0.15, -0.1) is 0 Å². The van der Waals surface area contributed by atoms with Gasteiger partial charge in [0.05, 0.1) is 6.10 Å². The largest absolute Gasteiger partial charge is 0.435 e. The van der Waals surface area contributed by atoms with E-state index in [9.17, 15) is 4.79 Å². The fourth-order valence-corrected chi connectivity index (χ4v) is 1.59. The lowest BCUT2D eigenvalue weighted by atomic mass is 10.1. The molecule has 5 heteroatoms. The third-order valence-corrected chi connectivity index (χ3v) is 2.97. The third-order valence-electron chi connectivity index (χ3n) is 2.46. The van der Waals surface area contributed by atoms with E-state index in [0.717, 1.165) is 12.0 Å². The Hall–Kier alpha value is -0.660. The molecule has 0 bridgehead atoms. The standard InChI is InChI=1S/C14H21IO4/c1-11(13(18-4)6-5-9-15)7-8-12(2)14(16)19-10-17-3/h5,7-9,13H,6,10H2,1-4H3/b9-5-,11-7+,12-8+/t13-/m1/s1. The number of ether oxygens (including phenoxy) is 3. The summed E-state index contributed by atoms with van der Waals surface area (Å²) in [7, 11) is 3.15. The summed E-state index contributed by atoms with van der Waals surface area (Å²) in [6.45, 7) is 3.64. The number of carbonyl (C=O) groups excluding carboxylic acids is 1. The zero-order chi connectivity index (χ0) is 14.7. The number of esters is 1. The molecule has 1 atom stereocenters. The highest BCUT2D eigenvalue weighted by Gasteiger charge is 2.08. The molecule has 0 unspecified atom stereocenters. The third kappa shape index (κ3) is 8.18. The van der Waals surface area contributed by atoms with E-state index >= 15 is 0 Å². The van der Waals surface area contributed by atoms with Crippen molar-refractivity contribution < 1.29 is 19.0 Å². The van der Waals surface area contributed by atoms with Gasteiger partial charge in [-0.3, -0.25) is 0 Å². The summed E-state index contributed by atoms with van der Waals surface area (Å²) in [5, 5.41) is 0. The fraction of sp³-hybridized carbons (Fsp3) is 0.500. The second-order valence-corrected chi connectivity index (χ2v) is 4.64. The molecule has 0 aliphatic heterocycles. The lowest BCUT2D eigenvalue weighted by Gasteiger charge is -2.13. The number of hydrogen-bond donors (Lipinski definition) is 0. The smallest absolute Gasteiger partial charge is 0.335 e. The van der Waals surface area contributed by atoms with Crippen LogP contribution in [-0.4, -0.2) is 33.1 Å². The zero-order valence-corrected chi connectivity index (χ0v) is 14.0. The first-order valence-electron chi connectivity index (χ1n) is 5.86. The first kappa shape index (κ1) is 18.3. The molecule has 108 valence electrons. The van der Waals surface area contributed by atoms with Gasteiger partial charge in [-0.25, -0.2) is 4.79 Å². The molecule has 0 N–H and O–H groups in total. The molecule has 0 fully saturated rings. The molecule has 0 aromatic rings. The van der Waals surface area contributed by atoms with Gasteiger partial charge in [0.25, 0.3) is 0 Å². The van der Waals surface area contributed by atoms with Crippen LogP contribution in [0.3, 0.4) is 0 Å². The van der Waals surface area contributed by atoms with Gasteiger partial charge in [0, 0.05) is 19.8 Å². The molecule has 0 aromatic carbocycles. The Labute approximate surface area is 128 Å². The maximum Gasteiger partial charge on any atom is 0.335 e. The predicted octanol–water partition coefficient (Wildman–Crippen LogP) is 3.38. The number of hydrogen-bond acceptors (Lipinski definition) is 4. The van der Waals surface area contributed by atoms with Crippen LogP contribution in [0.2, 0.25) is 0 Å².